The van der Waals surface area contributed by atoms with Gasteiger partial charge in [-0.25, -0.2) is 0 Å². The van der Waals surface area contributed by atoms with E-state index in [9.17, 15) is 0 Å². The standard InChI is InChI=1S/C28H40O10.C20H16N4.Cd.4HI/c1-2-26-4-3-25(1)35-21-17-31-13-9-29-11-15-33-19-23-37-27-5-7-28(8-6-27)38-24-20-34-16-12-30-10-14-32-18-22-36-26;1-9-21-10-2-19(1)23-13-5-17(6-14-23)18-7-15-24(16-8-18)20-3-11-22-12-4-20;;;;;/h1-8H,9-24H2;1-16H;;4*1H/q;2*+2;;;;/p-4. The zero-order valence-corrected chi connectivity index (χ0v) is 49.9. The van der Waals surface area contributed by atoms with Crippen molar-refractivity contribution in [3.05, 3.63) is 147 Å². The Kier molecular flexibility index (Phi) is 37.1. The van der Waals surface area contributed by atoms with Crippen LogP contribution in [0, 0.1) is 0 Å². The molecule has 8 heterocycles. The van der Waals surface area contributed by atoms with E-state index in [1.807, 2.05) is 72.8 Å². The van der Waals surface area contributed by atoms with Crippen molar-refractivity contribution in [1.82, 2.24) is 9.97 Å². The third-order valence-corrected chi connectivity index (χ3v) is 9.03. The molecule has 0 radical (unpaired) electrons. The Bertz CT molecular complexity index is 1860. The Morgan fingerprint density at radius 2 is 0.493 bits per heavy atom. The van der Waals surface area contributed by atoms with Gasteiger partial charge in [0.1, 0.15) is 49.4 Å². The number of aromatic nitrogens is 4. The van der Waals surface area contributed by atoms with Crippen LogP contribution in [0.4, 0.5) is 0 Å². The maximum Gasteiger partial charge on any atom is 2.00 e. The molecule has 0 N–H and O–H groups in total. The van der Waals surface area contributed by atoms with Crippen molar-refractivity contribution in [2.75, 3.05) is 106 Å². The molecule has 0 spiro atoms. The molecule has 0 saturated heterocycles. The van der Waals surface area contributed by atoms with Crippen LogP contribution in [0.3, 0.4) is 0 Å². The second-order valence-electron chi connectivity index (χ2n) is 13.4. The van der Waals surface area contributed by atoms with E-state index in [2.05, 4.69) is 68.2 Å². The summed E-state index contributed by atoms with van der Waals surface area (Å²) >= 11 is 0. The molecule has 0 amide bonds. The Hall–Kier alpha value is -2.16. The first-order chi connectivity index (χ1) is 30.8. The van der Waals surface area contributed by atoms with Gasteiger partial charge in [0.2, 0.25) is 11.4 Å². The molecule has 0 atom stereocenters. The van der Waals surface area contributed by atoms with E-state index in [4.69, 9.17) is 47.4 Å². The van der Waals surface area contributed by atoms with Crippen LogP contribution in [0.2, 0.25) is 0 Å². The van der Waals surface area contributed by atoms with Gasteiger partial charge >= 0.3 is 27.3 Å². The first-order valence-electron chi connectivity index (χ1n) is 20.8. The van der Waals surface area contributed by atoms with E-state index in [0.29, 0.717) is 106 Å². The molecule has 2 aromatic carbocycles. The minimum absolute atomic E-state index is 0. The smallest absolute Gasteiger partial charge is 1.00 e. The van der Waals surface area contributed by atoms with Gasteiger partial charge in [-0.1, -0.05) is 0 Å². The minimum atomic E-state index is 0. The molecule has 4 bridgehead atoms. The number of nitrogens with zero attached hydrogens (tertiary/aromatic N) is 4. The van der Waals surface area contributed by atoms with Gasteiger partial charge < -0.3 is 143 Å². The average Bonchev–Trinajstić information content (AvgIpc) is 3.33. The molecule has 4 aliphatic rings. The number of benzene rings is 2. The zero-order valence-electron chi connectivity index (χ0n) is 37.3. The Labute approximate surface area is 482 Å². The molecule has 10 rings (SSSR count). The molecule has 19 heteroatoms. The first kappa shape index (κ1) is 62.9. The number of pyridine rings is 4. The molecule has 4 aliphatic heterocycles. The Morgan fingerprint density at radius 3 is 0.716 bits per heavy atom. The average molecular weight is 1470 g/mol. The summed E-state index contributed by atoms with van der Waals surface area (Å²) in [5.74, 6) is 3.05. The fourth-order valence-corrected chi connectivity index (χ4v) is 5.84. The second kappa shape index (κ2) is 39.5. The van der Waals surface area contributed by atoms with E-state index in [0.717, 1.165) is 34.4 Å². The molecular formula is C48H56CdI4N4O10. The molecule has 4 aromatic heterocycles. The van der Waals surface area contributed by atoms with E-state index in [1.54, 1.807) is 24.8 Å². The number of hydrogen-bond donors (Lipinski definition) is 0. The van der Waals surface area contributed by atoms with Crippen molar-refractivity contribution in [2.24, 2.45) is 0 Å². The van der Waals surface area contributed by atoms with Gasteiger partial charge in [-0.2, -0.15) is 9.13 Å². The van der Waals surface area contributed by atoms with Crippen LogP contribution < -0.4 is 124 Å². The number of ether oxygens (including phenoxy) is 10. The fraction of sp³-hybridized carbons (Fsp3) is 0.333. The van der Waals surface area contributed by atoms with Gasteiger partial charge in [0, 0.05) is 73.3 Å². The predicted octanol–water partition coefficient (Wildman–Crippen LogP) is -6.27. The van der Waals surface area contributed by atoms with E-state index < -0.39 is 0 Å². The van der Waals surface area contributed by atoms with E-state index >= 15 is 0 Å². The van der Waals surface area contributed by atoms with Crippen LogP contribution in [-0.2, 0) is 55.7 Å². The summed E-state index contributed by atoms with van der Waals surface area (Å²) in [6, 6.07) is 31.4. The Morgan fingerprint density at radius 1 is 0.284 bits per heavy atom. The molecule has 0 fully saturated rings. The molecule has 67 heavy (non-hydrogen) atoms. The van der Waals surface area contributed by atoms with Crippen LogP contribution in [-0.4, -0.2) is 116 Å². The van der Waals surface area contributed by atoms with Crippen LogP contribution in [0.5, 0.6) is 23.0 Å². The minimum Gasteiger partial charge on any atom is -1.00 e. The number of rotatable bonds is 3. The summed E-state index contributed by atoms with van der Waals surface area (Å²) < 4.78 is 60.0. The molecule has 6 aromatic rings. The summed E-state index contributed by atoms with van der Waals surface area (Å²) in [4.78, 5) is 8.10. The molecule has 0 aliphatic carbocycles. The van der Waals surface area contributed by atoms with Gasteiger partial charge in [0.15, 0.2) is 24.8 Å². The van der Waals surface area contributed by atoms with Crippen LogP contribution >= 0.6 is 0 Å². The van der Waals surface area contributed by atoms with Crippen LogP contribution in [0.15, 0.2) is 147 Å². The van der Waals surface area contributed by atoms with Crippen molar-refractivity contribution >= 4 is 0 Å². The largest absolute Gasteiger partial charge is 2.00 e. The molecular weight excluding hydrogens is 1410 g/mol. The summed E-state index contributed by atoms with van der Waals surface area (Å²) in [6.45, 7) is 7.78. The second-order valence-corrected chi connectivity index (χ2v) is 13.4. The third kappa shape index (κ3) is 25.5. The Balaban J connectivity index is 0.000000672. The van der Waals surface area contributed by atoms with Crippen molar-refractivity contribution in [3.63, 3.8) is 0 Å². The van der Waals surface area contributed by atoms with Crippen LogP contribution in [0.1, 0.15) is 0 Å². The van der Waals surface area contributed by atoms with Gasteiger partial charge in [-0.05, 0) is 59.7 Å². The monoisotopic (exact) mass is 1470 g/mol. The van der Waals surface area contributed by atoms with E-state index in [-0.39, 0.29) is 123 Å². The maximum absolute atomic E-state index is 5.68. The van der Waals surface area contributed by atoms with Crippen molar-refractivity contribution in [3.8, 4) is 45.5 Å². The van der Waals surface area contributed by atoms with Gasteiger partial charge in [0.05, 0.1) is 79.3 Å². The maximum atomic E-state index is 5.68. The van der Waals surface area contributed by atoms with Crippen molar-refractivity contribution < 1.29 is 180 Å². The molecule has 14 nitrogen and oxygen atoms in total. The molecule has 358 valence electrons. The van der Waals surface area contributed by atoms with Crippen molar-refractivity contribution in [1.29, 1.82) is 0 Å². The summed E-state index contributed by atoms with van der Waals surface area (Å²) in [6.07, 6.45) is 15.4. The topological polar surface area (TPSA) is 126 Å². The molecule has 0 saturated carbocycles. The summed E-state index contributed by atoms with van der Waals surface area (Å²) in [5, 5.41) is 0. The normalized spacial score (nSPS) is 14.6. The number of halogens is 4. The SMILES string of the molecule is [Cd+2].[I-].[I-].[I-].[I-].c1cc(-[n+]2ccc(-c3cc[n+](-c4ccncc4)cc3)cc2)ccn1.c1cc2ccc1OCCOCCOCCOCCOc1ccc(cc1)OCCOCCOCCOCCO2. The first-order valence-corrected chi connectivity index (χ1v) is 20.8. The predicted molar refractivity (Wildman–Crippen MR) is 230 cm³/mol. The summed E-state index contributed by atoms with van der Waals surface area (Å²) in [7, 11) is 0. The number of hydrogen-bond acceptors (Lipinski definition) is 12. The third-order valence-electron chi connectivity index (χ3n) is 9.03. The zero-order chi connectivity index (χ0) is 42.5. The van der Waals surface area contributed by atoms with Gasteiger partial charge in [-0.15, -0.1) is 0 Å². The summed E-state index contributed by atoms with van der Waals surface area (Å²) in [5.41, 5.74) is 4.56. The molecule has 0 unspecified atom stereocenters. The van der Waals surface area contributed by atoms with E-state index in [1.165, 1.54) is 11.1 Å². The van der Waals surface area contributed by atoms with Crippen LogP contribution in [0.25, 0.3) is 22.5 Å². The van der Waals surface area contributed by atoms with Gasteiger partial charge in [0.25, 0.3) is 0 Å². The van der Waals surface area contributed by atoms with Crippen molar-refractivity contribution in [2.45, 2.75) is 0 Å². The fourth-order valence-electron chi connectivity index (χ4n) is 5.84. The quantitative estimate of drug-likeness (QED) is 0.0953. The van der Waals surface area contributed by atoms with Gasteiger partial charge in [-0.3, -0.25) is 9.97 Å².